The molecule has 2 saturated carbocycles. The maximum atomic E-state index is 12.9. The van der Waals surface area contributed by atoms with E-state index in [-0.39, 0.29) is 75.9 Å². The van der Waals surface area contributed by atoms with Crippen molar-refractivity contribution in [3.05, 3.63) is 39.9 Å². The second kappa shape index (κ2) is 15.5. The number of nitrogens with one attached hydrogen (secondary N) is 1. The Kier molecular flexibility index (Phi) is 13.5. The summed E-state index contributed by atoms with van der Waals surface area (Å²) in [5.74, 6) is 2.14. The Hall–Kier alpha value is -0.300. The van der Waals surface area contributed by atoms with Crippen LogP contribution >= 0.6 is 19.2 Å². The SMILES string of the molecule is CON=C1C[C@@H](CCC(=O)Nc2ncc(C)s2)C2C3CCc4cc(OCOP(=O)(O)O)c(C(C)(C)C)cc4C3CC[C@]12C.[NaH].[NaH]. The van der Waals surface area contributed by atoms with E-state index in [9.17, 15) is 9.36 Å². The topological polar surface area (TPSA) is 140 Å². The van der Waals surface area contributed by atoms with Gasteiger partial charge in [0.1, 0.15) is 12.9 Å². The molecule has 0 bridgehead atoms. The van der Waals surface area contributed by atoms with Gasteiger partial charge in [-0.05, 0) is 97.3 Å². The number of phosphoric ester groups is 1. The molecule has 0 aliphatic heterocycles. The van der Waals surface area contributed by atoms with Crippen LogP contribution in [0, 0.1) is 30.1 Å². The molecule has 45 heavy (non-hydrogen) atoms. The van der Waals surface area contributed by atoms with E-state index in [2.05, 4.69) is 59.8 Å². The number of rotatable bonds is 9. The summed E-state index contributed by atoms with van der Waals surface area (Å²) >= 11 is 1.49. The van der Waals surface area contributed by atoms with Crippen LogP contribution in [0.15, 0.2) is 23.5 Å². The second-order valence-electron chi connectivity index (χ2n) is 13.5. The summed E-state index contributed by atoms with van der Waals surface area (Å²) < 4.78 is 21.6. The molecule has 0 saturated heterocycles. The summed E-state index contributed by atoms with van der Waals surface area (Å²) in [7, 11) is -3.02. The molecule has 1 heterocycles. The molecule has 3 unspecified atom stereocenters. The molecule has 0 radical (unpaired) electrons. The molecule has 0 spiro atoms. The van der Waals surface area contributed by atoms with E-state index in [4.69, 9.17) is 19.4 Å². The van der Waals surface area contributed by atoms with Crippen molar-refractivity contribution in [3.63, 3.8) is 0 Å². The molecule has 14 heteroatoms. The van der Waals surface area contributed by atoms with E-state index in [1.807, 2.05) is 6.92 Å². The zero-order valence-corrected chi connectivity index (χ0v) is 27.6. The van der Waals surface area contributed by atoms with E-state index in [1.54, 1.807) is 13.3 Å². The normalized spacial score (nSPS) is 26.5. The first-order valence-electron chi connectivity index (χ1n) is 15.0. The Labute approximate surface area is 314 Å². The third kappa shape index (κ3) is 8.84. The van der Waals surface area contributed by atoms with Gasteiger partial charge in [0.25, 0.3) is 0 Å². The first kappa shape index (κ1) is 39.1. The Morgan fingerprint density at radius 1 is 1.24 bits per heavy atom. The number of ether oxygens (including phenoxy) is 1. The number of anilines is 1. The number of nitrogens with zero attached hydrogens (tertiary/aromatic N) is 2. The van der Waals surface area contributed by atoms with Crippen LogP contribution in [0.5, 0.6) is 5.75 Å². The summed E-state index contributed by atoms with van der Waals surface area (Å²) in [4.78, 5) is 41.8. The molecule has 2 fully saturated rings. The van der Waals surface area contributed by atoms with E-state index < -0.39 is 14.6 Å². The van der Waals surface area contributed by atoms with Crippen molar-refractivity contribution in [2.24, 2.45) is 28.3 Å². The Bertz CT molecular complexity index is 1440. The molecule has 3 N–H and O–H groups in total. The quantitative estimate of drug-likeness (QED) is 0.138. The predicted octanol–water partition coefficient (Wildman–Crippen LogP) is 5.40. The number of fused-ring (bicyclic) bond motifs is 5. The van der Waals surface area contributed by atoms with Crippen LogP contribution in [-0.2, 0) is 30.6 Å². The summed E-state index contributed by atoms with van der Waals surface area (Å²) in [5, 5.41) is 8.16. The van der Waals surface area contributed by atoms with Gasteiger partial charge in [-0.3, -0.25) is 4.79 Å². The minimum atomic E-state index is -4.63. The number of thiazole rings is 1. The number of hydrogen-bond acceptors (Lipinski definition) is 8. The molecule has 5 atom stereocenters. The third-order valence-electron chi connectivity index (χ3n) is 9.75. The number of aromatic nitrogens is 1. The second-order valence-corrected chi connectivity index (χ2v) is 16.0. The number of benzene rings is 1. The number of phosphoric acid groups is 1. The fourth-order valence-electron chi connectivity index (χ4n) is 7.97. The van der Waals surface area contributed by atoms with Gasteiger partial charge >= 0.3 is 66.9 Å². The Morgan fingerprint density at radius 2 is 1.98 bits per heavy atom. The van der Waals surface area contributed by atoms with Crippen LogP contribution in [0.2, 0.25) is 0 Å². The third-order valence-corrected chi connectivity index (χ3v) is 11.0. The van der Waals surface area contributed by atoms with Gasteiger partial charge in [0.2, 0.25) is 5.91 Å². The standard InChI is InChI=1S/C31H44N3O7PS.2Na.2H/c1-18-16-32-29(43-18)33-27(35)10-8-20-14-26(34-39-6)31(5)12-11-21-22(28(20)31)9-7-19-13-25(40-17-41-42(36,37)38)24(15-23(19)21)30(2,3)4;;;;/h13,15-16,20-22,28H,7-12,14,17H2,1-6H3,(H,32,33,35)(H2,36,37,38);;;;/t20-,21?,22?,28?,31-;;;;/m1..../s1. The van der Waals surface area contributed by atoms with Crippen LogP contribution in [0.3, 0.4) is 0 Å². The molecular weight excluding hydrogens is 635 g/mol. The number of oxime groups is 1. The molecule has 10 nitrogen and oxygen atoms in total. The molecule has 3 aliphatic rings. The summed E-state index contributed by atoms with van der Waals surface area (Å²) in [6.45, 7) is 10.1. The Balaban J connectivity index is 0.00000276. The van der Waals surface area contributed by atoms with Crippen molar-refractivity contribution in [2.75, 3.05) is 19.2 Å². The summed E-state index contributed by atoms with van der Waals surface area (Å²) in [6, 6.07) is 4.32. The zero-order chi connectivity index (χ0) is 31.2. The van der Waals surface area contributed by atoms with Crippen molar-refractivity contribution in [3.8, 4) is 5.75 Å². The van der Waals surface area contributed by atoms with Gasteiger partial charge in [0.05, 0.1) is 5.71 Å². The number of hydrogen-bond donors (Lipinski definition) is 3. The zero-order valence-electron chi connectivity index (χ0n) is 25.9. The van der Waals surface area contributed by atoms with Crippen molar-refractivity contribution in [2.45, 2.75) is 90.9 Å². The average Bonchev–Trinajstić information content (AvgIpc) is 3.45. The molecule has 3 aliphatic carbocycles. The van der Waals surface area contributed by atoms with E-state index >= 15 is 0 Å². The van der Waals surface area contributed by atoms with Gasteiger partial charge < -0.3 is 24.7 Å². The van der Waals surface area contributed by atoms with Gasteiger partial charge in [-0.2, -0.15) is 0 Å². The van der Waals surface area contributed by atoms with Crippen molar-refractivity contribution >= 4 is 95.0 Å². The molecular formula is C31H46N3Na2O7PS. The summed E-state index contributed by atoms with van der Waals surface area (Å²) in [5.41, 5.74) is 4.36. The molecule has 1 aromatic carbocycles. The first-order chi connectivity index (χ1) is 20.2. The Morgan fingerprint density at radius 3 is 2.60 bits per heavy atom. The van der Waals surface area contributed by atoms with Crippen LogP contribution < -0.4 is 10.1 Å². The number of carbonyl (C=O) groups excluding carboxylic acids is 1. The van der Waals surface area contributed by atoms with E-state index in [1.165, 1.54) is 22.5 Å². The van der Waals surface area contributed by atoms with Crippen LogP contribution in [0.4, 0.5) is 5.13 Å². The van der Waals surface area contributed by atoms with Gasteiger partial charge in [-0.1, -0.05) is 38.9 Å². The molecule has 2 aromatic rings. The average molecular weight is 682 g/mol. The molecule has 240 valence electrons. The number of aryl methyl sites for hydroxylation is 2. The predicted molar refractivity (Wildman–Crippen MR) is 181 cm³/mol. The van der Waals surface area contributed by atoms with Crippen molar-refractivity contribution in [1.82, 2.24) is 4.98 Å². The van der Waals surface area contributed by atoms with E-state index in [0.717, 1.165) is 54.7 Å². The van der Waals surface area contributed by atoms with Crippen LogP contribution in [-0.4, -0.2) is 99.4 Å². The minimum absolute atomic E-state index is 0. The summed E-state index contributed by atoms with van der Waals surface area (Å²) in [6.07, 6.45) is 7.79. The van der Waals surface area contributed by atoms with Gasteiger partial charge in [0, 0.05) is 22.9 Å². The molecule has 1 amide bonds. The molecule has 1 aromatic heterocycles. The van der Waals surface area contributed by atoms with Crippen LogP contribution in [0.1, 0.15) is 93.7 Å². The fourth-order valence-corrected chi connectivity index (χ4v) is 8.84. The van der Waals surface area contributed by atoms with E-state index in [0.29, 0.717) is 41.0 Å². The van der Waals surface area contributed by atoms with Crippen molar-refractivity contribution < 1.29 is 33.2 Å². The van der Waals surface area contributed by atoms with Crippen LogP contribution in [0.25, 0.3) is 0 Å². The maximum absolute atomic E-state index is 12.9. The van der Waals surface area contributed by atoms with Gasteiger partial charge in [0.15, 0.2) is 11.9 Å². The number of amides is 1. The van der Waals surface area contributed by atoms with Gasteiger partial charge in [-0.15, -0.1) is 11.3 Å². The van der Waals surface area contributed by atoms with Crippen molar-refractivity contribution in [1.29, 1.82) is 0 Å². The first-order valence-corrected chi connectivity index (χ1v) is 17.4. The van der Waals surface area contributed by atoms with Gasteiger partial charge in [-0.25, -0.2) is 14.1 Å². The molecule has 5 rings (SSSR count). The fraction of sp³-hybridized carbons (Fsp3) is 0.645. The monoisotopic (exact) mass is 681 g/mol. The number of carbonyl (C=O) groups is 1.